The number of carbonyl (C=O) groups is 1. The topological polar surface area (TPSA) is 77.2 Å². The Morgan fingerprint density at radius 2 is 1.88 bits per heavy atom. The molecule has 0 saturated carbocycles. The second-order valence-corrected chi connectivity index (χ2v) is 5.41. The predicted octanol–water partition coefficient (Wildman–Crippen LogP) is 3.59. The summed E-state index contributed by atoms with van der Waals surface area (Å²) in [7, 11) is 1.57. The number of aromatic nitrogens is 2. The second-order valence-electron chi connectivity index (χ2n) is 5.41. The molecule has 0 aliphatic heterocycles. The number of ether oxygens (including phenoxy) is 1. The summed E-state index contributed by atoms with van der Waals surface area (Å²) in [6, 6.07) is 10.3. The van der Waals surface area contributed by atoms with Gasteiger partial charge in [0.05, 0.1) is 7.11 Å². The first-order valence-corrected chi connectivity index (χ1v) is 7.77. The number of methoxy groups -OCH3 is 1. The number of amides is 1. The van der Waals surface area contributed by atoms with E-state index in [2.05, 4.69) is 15.5 Å². The highest BCUT2D eigenvalue weighted by molar-refractivity contribution is 5.90. The lowest BCUT2D eigenvalue weighted by Crippen LogP contribution is -2.12. The molecular formula is C18H15F2N3O3. The predicted molar refractivity (Wildman–Crippen MR) is 89.6 cm³/mol. The largest absolute Gasteiger partial charge is 0.497 e. The van der Waals surface area contributed by atoms with Gasteiger partial charge in [-0.25, -0.2) is 8.78 Å². The number of hydrogen-bond acceptors (Lipinski definition) is 5. The van der Waals surface area contributed by atoms with Gasteiger partial charge in [-0.3, -0.25) is 4.79 Å². The highest BCUT2D eigenvalue weighted by Gasteiger charge is 2.12. The number of benzene rings is 2. The fraction of sp³-hybridized carbons (Fsp3) is 0.167. The fourth-order valence-electron chi connectivity index (χ4n) is 2.22. The van der Waals surface area contributed by atoms with Crippen molar-refractivity contribution in [3.8, 4) is 17.2 Å². The zero-order valence-corrected chi connectivity index (χ0v) is 13.8. The van der Waals surface area contributed by atoms with E-state index in [1.54, 1.807) is 31.4 Å². The van der Waals surface area contributed by atoms with Crippen LogP contribution in [0.15, 0.2) is 46.9 Å². The van der Waals surface area contributed by atoms with Gasteiger partial charge in [0.2, 0.25) is 17.7 Å². The van der Waals surface area contributed by atoms with Crippen LogP contribution in [0.5, 0.6) is 5.75 Å². The first-order chi connectivity index (χ1) is 12.5. The third kappa shape index (κ3) is 4.21. The summed E-state index contributed by atoms with van der Waals surface area (Å²) in [5.74, 6) is -1.02. The van der Waals surface area contributed by atoms with Crippen LogP contribution in [0.25, 0.3) is 11.5 Å². The van der Waals surface area contributed by atoms with Crippen molar-refractivity contribution in [2.24, 2.45) is 0 Å². The van der Waals surface area contributed by atoms with Crippen molar-refractivity contribution in [1.29, 1.82) is 0 Å². The Bertz CT molecular complexity index is 910. The second kappa shape index (κ2) is 7.73. The molecule has 3 rings (SSSR count). The molecule has 1 amide bonds. The van der Waals surface area contributed by atoms with E-state index in [-0.39, 0.29) is 24.4 Å². The molecule has 2 aromatic carbocycles. The lowest BCUT2D eigenvalue weighted by molar-refractivity contribution is -0.116. The molecule has 0 saturated heterocycles. The van der Waals surface area contributed by atoms with Gasteiger partial charge in [-0.05, 0) is 36.4 Å². The number of aryl methyl sites for hydroxylation is 1. The number of rotatable bonds is 6. The van der Waals surface area contributed by atoms with Crippen LogP contribution in [0.2, 0.25) is 0 Å². The summed E-state index contributed by atoms with van der Waals surface area (Å²) in [6.45, 7) is 0. The van der Waals surface area contributed by atoms with E-state index in [4.69, 9.17) is 9.15 Å². The van der Waals surface area contributed by atoms with E-state index in [1.807, 2.05) is 0 Å². The number of nitrogens with zero attached hydrogens (tertiary/aromatic N) is 2. The van der Waals surface area contributed by atoms with Gasteiger partial charge in [0.1, 0.15) is 5.75 Å². The molecule has 1 heterocycles. The maximum Gasteiger partial charge on any atom is 0.247 e. The molecule has 0 aliphatic carbocycles. The summed E-state index contributed by atoms with van der Waals surface area (Å²) >= 11 is 0. The first kappa shape index (κ1) is 17.5. The average molecular weight is 359 g/mol. The molecular weight excluding hydrogens is 344 g/mol. The van der Waals surface area contributed by atoms with Crippen LogP contribution in [0.3, 0.4) is 0 Å². The summed E-state index contributed by atoms with van der Waals surface area (Å²) < 4.78 is 36.6. The standard InChI is InChI=1S/C18H15F2N3O3/c1-25-13-5-2-11(3-6-13)18-23-22-17(26-18)9-8-16(24)21-12-4-7-14(19)15(20)10-12/h2-7,10H,8-9H2,1H3,(H,21,24). The molecule has 3 aromatic rings. The zero-order chi connectivity index (χ0) is 18.5. The van der Waals surface area contributed by atoms with Crippen molar-refractivity contribution in [2.45, 2.75) is 12.8 Å². The summed E-state index contributed by atoms with van der Waals surface area (Å²) in [6.07, 6.45) is 0.280. The summed E-state index contributed by atoms with van der Waals surface area (Å²) in [5.41, 5.74) is 0.911. The minimum Gasteiger partial charge on any atom is -0.497 e. The molecule has 0 radical (unpaired) electrons. The molecule has 6 nitrogen and oxygen atoms in total. The van der Waals surface area contributed by atoms with E-state index < -0.39 is 11.6 Å². The Labute approximate surface area is 147 Å². The number of carbonyl (C=O) groups excluding carboxylic acids is 1. The summed E-state index contributed by atoms with van der Waals surface area (Å²) in [4.78, 5) is 11.9. The molecule has 0 atom stereocenters. The number of anilines is 1. The molecule has 0 bridgehead atoms. The normalized spacial score (nSPS) is 10.6. The lowest BCUT2D eigenvalue weighted by atomic mass is 10.2. The molecule has 134 valence electrons. The van der Waals surface area contributed by atoms with Crippen LogP contribution in [-0.2, 0) is 11.2 Å². The van der Waals surface area contributed by atoms with Gasteiger partial charge in [-0.2, -0.15) is 0 Å². The van der Waals surface area contributed by atoms with Crippen LogP contribution in [0.4, 0.5) is 14.5 Å². The summed E-state index contributed by atoms with van der Waals surface area (Å²) in [5, 5.41) is 10.3. The molecule has 0 unspecified atom stereocenters. The van der Waals surface area contributed by atoms with E-state index in [0.29, 0.717) is 17.5 Å². The van der Waals surface area contributed by atoms with Gasteiger partial charge >= 0.3 is 0 Å². The minimum absolute atomic E-state index is 0.0588. The Morgan fingerprint density at radius 1 is 1.12 bits per heavy atom. The van der Waals surface area contributed by atoms with Crippen molar-refractivity contribution in [2.75, 3.05) is 12.4 Å². The van der Waals surface area contributed by atoms with Crippen molar-refractivity contribution in [1.82, 2.24) is 10.2 Å². The van der Waals surface area contributed by atoms with E-state index >= 15 is 0 Å². The fourth-order valence-corrected chi connectivity index (χ4v) is 2.22. The highest BCUT2D eigenvalue weighted by Crippen LogP contribution is 2.21. The van der Waals surface area contributed by atoms with E-state index in [1.165, 1.54) is 6.07 Å². The molecule has 1 N–H and O–H groups in total. The Hall–Kier alpha value is -3.29. The van der Waals surface area contributed by atoms with Gasteiger partial charge in [0, 0.05) is 30.2 Å². The van der Waals surface area contributed by atoms with Gasteiger partial charge in [-0.15, -0.1) is 10.2 Å². The quantitative estimate of drug-likeness (QED) is 0.728. The Kier molecular flexibility index (Phi) is 5.21. The van der Waals surface area contributed by atoms with Gasteiger partial charge in [-0.1, -0.05) is 0 Å². The molecule has 1 aromatic heterocycles. The van der Waals surface area contributed by atoms with Crippen LogP contribution in [0, 0.1) is 11.6 Å². The third-order valence-electron chi connectivity index (χ3n) is 3.57. The molecule has 0 fully saturated rings. The number of nitrogens with one attached hydrogen (secondary N) is 1. The number of halogens is 2. The van der Waals surface area contributed by atoms with Crippen molar-refractivity contribution in [3.05, 3.63) is 60.0 Å². The molecule has 8 heteroatoms. The monoisotopic (exact) mass is 359 g/mol. The van der Waals surface area contributed by atoms with Crippen molar-refractivity contribution < 1.29 is 22.7 Å². The van der Waals surface area contributed by atoms with Crippen LogP contribution >= 0.6 is 0 Å². The smallest absolute Gasteiger partial charge is 0.247 e. The van der Waals surface area contributed by atoms with Crippen LogP contribution < -0.4 is 10.1 Å². The third-order valence-corrected chi connectivity index (χ3v) is 3.57. The minimum atomic E-state index is -1.02. The van der Waals surface area contributed by atoms with Crippen LogP contribution in [-0.4, -0.2) is 23.2 Å². The maximum atomic E-state index is 13.1. The van der Waals surface area contributed by atoms with E-state index in [9.17, 15) is 13.6 Å². The van der Waals surface area contributed by atoms with Gasteiger partial charge < -0.3 is 14.5 Å². The maximum absolute atomic E-state index is 13.1. The first-order valence-electron chi connectivity index (χ1n) is 7.77. The molecule has 0 aliphatic rings. The Morgan fingerprint density at radius 3 is 2.58 bits per heavy atom. The number of hydrogen-bond donors (Lipinski definition) is 1. The lowest BCUT2D eigenvalue weighted by Gasteiger charge is -2.04. The highest BCUT2D eigenvalue weighted by atomic mass is 19.2. The zero-order valence-electron chi connectivity index (χ0n) is 13.8. The van der Waals surface area contributed by atoms with Gasteiger partial charge in [0.15, 0.2) is 11.6 Å². The van der Waals surface area contributed by atoms with Crippen LogP contribution in [0.1, 0.15) is 12.3 Å². The molecule has 26 heavy (non-hydrogen) atoms. The average Bonchev–Trinajstić information content (AvgIpc) is 3.12. The van der Waals surface area contributed by atoms with E-state index in [0.717, 1.165) is 17.7 Å². The molecule has 0 spiro atoms. The van der Waals surface area contributed by atoms with Gasteiger partial charge in [0.25, 0.3) is 0 Å². The SMILES string of the molecule is COc1ccc(-c2nnc(CCC(=O)Nc3ccc(F)c(F)c3)o2)cc1. The van der Waals surface area contributed by atoms with Crippen molar-refractivity contribution >= 4 is 11.6 Å². The Balaban J connectivity index is 1.56. The van der Waals surface area contributed by atoms with Crippen molar-refractivity contribution in [3.63, 3.8) is 0 Å².